The largest absolute Gasteiger partial charge is 0.337 e. The fraction of sp³-hybridized carbons (Fsp3) is 0.611. The molecular weight excluding hydrogens is 302 g/mol. The highest BCUT2D eigenvalue weighted by molar-refractivity contribution is 5.92. The molecule has 6 nitrogen and oxygen atoms in total. The minimum Gasteiger partial charge on any atom is -0.337 e. The van der Waals surface area contributed by atoms with Crippen molar-refractivity contribution in [2.45, 2.75) is 57.4 Å². The van der Waals surface area contributed by atoms with Crippen LogP contribution in [0.3, 0.4) is 0 Å². The number of nitrogens with one attached hydrogen (secondary N) is 1. The van der Waals surface area contributed by atoms with Gasteiger partial charge in [0, 0.05) is 49.1 Å². The molecule has 3 heterocycles. The molecule has 0 radical (unpaired) electrons. The lowest BCUT2D eigenvalue weighted by atomic mass is 9.96. The van der Waals surface area contributed by atoms with Crippen molar-refractivity contribution in [1.82, 2.24) is 24.6 Å². The highest BCUT2D eigenvalue weighted by Gasteiger charge is 2.31. The molecule has 24 heavy (non-hydrogen) atoms. The Hall–Kier alpha value is -2.11. The number of aromatic amines is 1. The predicted molar refractivity (Wildman–Crippen MR) is 91.1 cm³/mol. The molecule has 0 aromatic carbocycles. The molecule has 0 unspecified atom stereocenters. The molecule has 0 spiro atoms. The second-order valence-corrected chi connectivity index (χ2v) is 7.36. The first kappa shape index (κ1) is 15.4. The number of carbonyl (C=O) groups is 1. The van der Waals surface area contributed by atoms with Gasteiger partial charge < -0.3 is 9.47 Å². The van der Waals surface area contributed by atoms with Crippen molar-refractivity contribution in [3.8, 4) is 0 Å². The molecule has 2 fully saturated rings. The summed E-state index contributed by atoms with van der Waals surface area (Å²) in [4.78, 5) is 19.3. The van der Waals surface area contributed by atoms with E-state index in [-0.39, 0.29) is 5.91 Å². The average Bonchev–Trinajstić information content (AvgIpc) is 3.13. The zero-order valence-electron chi connectivity index (χ0n) is 14.4. The number of likely N-dealkylation sites (tertiary alicyclic amines) is 1. The van der Waals surface area contributed by atoms with Gasteiger partial charge in [0.25, 0.3) is 5.91 Å². The standard InChI is InChI=1S/C18H25N5O/c1-12(2)23-9-7-19-17(23)14-4-3-8-22(11-14)18(24)16-10-15(20-21-16)13-5-6-13/h7,9-10,12-14H,3-6,8,11H2,1-2H3,(H,20,21)/t14-/m0/s1. The highest BCUT2D eigenvalue weighted by Crippen LogP contribution is 2.39. The molecule has 1 aliphatic carbocycles. The number of imidazole rings is 1. The van der Waals surface area contributed by atoms with E-state index in [1.165, 1.54) is 12.8 Å². The van der Waals surface area contributed by atoms with Crippen LogP contribution in [-0.2, 0) is 0 Å². The summed E-state index contributed by atoms with van der Waals surface area (Å²) in [6.07, 6.45) is 8.42. The molecule has 1 aliphatic heterocycles. The van der Waals surface area contributed by atoms with Crippen molar-refractivity contribution in [3.63, 3.8) is 0 Å². The van der Waals surface area contributed by atoms with Crippen molar-refractivity contribution in [3.05, 3.63) is 35.7 Å². The third-order valence-corrected chi connectivity index (χ3v) is 5.16. The molecule has 2 aliphatic rings. The maximum Gasteiger partial charge on any atom is 0.274 e. The summed E-state index contributed by atoms with van der Waals surface area (Å²) in [7, 11) is 0. The van der Waals surface area contributed by atoms with Crippen LogP contribution in [0.1, 0.15) is 79.4 Å². The number of nitrogens with zero attached hydrogens (tertiary/aromatic N) is 4. The van der Waals surface area contributed by atoms with Crippen LogP contribution in [-0.4, -0.2) is 43.6 Å². The van der Waals surface area contributed by atoms with E-state index in [0.717, 1.165) is 37.4 Å². The van der Waals surface area contributed by atoms with Crippen molar-refractivity contribution in [1.29, 1.82) is 0 Å². The molecule has 1 saturated heterocycles. The first-order chi connectivity index (χ1) is 11.6. The van der Waals surface area contributed by atoms with E-state index in [1.807, 2.05) is 23.4 Å². The number of carbonyl (C=O) groups excluding carboxylic acids is 1. The predicted octanol–water partition coefficient (Wildman–Crippen LogP) is 3.08. The van der Waals surface area contributed by atoms with E-state index in [1.54, 1.807) is 0 Å². The minimum atomic E-state index is 0.0468. The Labute approximate surface area is 142 Å². The van der Waals surface area contributed by atoms with Gasteiger partial charge in [-0.3, -0.25) is 9.89 Å². The van der Waals surface area contributed by atoms with Gasteiger partial charge in [-0.15, -0.1) is 0 Å². The second kappa shape index (κ2) is 6.07. The van der Waals surface area contributed by atoms with E-state index in [9.17, 15) is 4.79 Å². The van der Waals surface area contributed by atoms with Crippen LogP contribution in [0.5, 0.6) is 0 Å². The molecule has 2 aromatic heterocycles. The summed E-state index contributed by atoms with van der Waals surface area (Å²) < 4.78 is 2.22. The smallest absolute Gasteiger partial charge is 0.274 e. The molecule has 1 atom stereocenters. The number of amides is 1. The lowest BCUT2D eigenvalue weighted by Crippen LogP contribution is -2.40. The molecular formula is C18H25N5O. The monoisotopic (exact) mass is 327 g/mol. The van der Waals surface area contributed by atoms with Gasteiger partial charge in [0.2, 0.25) is 0 Å². The van der Waals surface area contributed by atoms with E-state index in [4.69, 9.17) is 0 Å². The molecule has 2 aromatic rings. The van der Waals surface area contributed by atoms with Crippen molar-refractivity contribution in [2.75, 3.05) is 13.1 Å². The van der Waals surface area contributed by atoms with Crippen LogP contribution in [0.2, 0.25) is 0 Å². The number of H-pyrrole nitrogens is 1. The maximum atomic E-state index is 12.8. The van der Waals surface area contributed by atoms with Crippen LogP contribution in [0.4, 0.5) is 0 Å². The third kappa shape index (κ3) is 2.85. The summed E-state index contributed by atoms with van der Waals surface area (Å²) in [6.45, 7) is 5.87. The Kier molecular flexibility index (Phi) is 3.90. The SMILES string of the molecule is CC(C)n1ccnc1[C@H]1CCCN(C(=O)c2cc(C3CC3)[nH]n2)C1. The Morgan fingerprint density at radius 3 is 2.88 bits per heavy atom. The highest BCUT2D eigenvalue weighted by atomic mass is 16.2. The van der Waals surface area contributed by atoms with E-state index < -0.39 is 0 Å². The number of hydrogen-bond donors (Lipinski definition) is 1. The average molecular weight is 327 g/mol. The normalized spacial score (nSPS) is 21.5. The lowest BCUT2D eigenvalue weighted by molar-refractivity contribution is 0.0697. The van der Waals surface area contributed by atoms with Crippen molar-refractivity contribution < 1.29 is 4.79 Å². The van der Waals surface area contributed by atoms with Crippen LogP contribution in [0.15, 0.2) is 18.5 Å². The fourth-order valence-corrected chi connectivity index (χ4v) is 3.66. The van der Waals surface area contributed by atoms with Gasteiger partial charge in [-0.1, -0.05) is 0 Å². The van der Waals surface area contributed by atoms with Crippen LogP contribution >= 0.6 is 0 Å². The van der Waals surface area contributed by atoms with Gasteiger partial charge in [-0.05, 0) is 45.6 Å². The third-order valence-electron chi connectivity index (χ3n) is 5.16. The quantitative estimate of drug-likeness (QED) is 0.938. The number of hydrogen-bond acceptors (Lipinski definition) is 3. The van der Waals surface area contributed by atoms with E-state index in [2.05, 4.69) is 33.6 Å². The lowest BCUT2D eigenvalue weighted by Gasteiger charge is -2.32. The number of aromatic nitrogens is 4. The summed E-state index contributed by atoms with van der Waals surface area (Å²) in [5.41, 5.74) is 1.67. The van der Waals surface area contributed by atoms with E-state index >= 15 is 0 Å². The molecule has 1 saturated carbocycles. The Morgan fingerprint density at radius 1 is 1.29 bits per heavy atom. The Balaban J connectivity index is 1.49. The number of rotatable bonds is 4. The van der Waals surface area contributed by atoms with Gasteiger partial charge >= 0.3 is 0 Å². The molecule has 0 bridgehead atoms. The van der Waals surface area contributed by atoms with Crippen molar-refractivity contribution >= 4 is 5.91 Å². The summed E-state index contributed by atoms with van der Waals surface area (Å²) in [6, 6.07) is 2.33. The van der Waals surface area contributed by atoms with E-state index in [0.29, 0.717) is 23.6 Å². The number of piperidine rings is 1. The summed E-state index contributed by atoms with van der Waals surface area (Å²) in [5.74, 6) is 2.04. The van der Waals surface area contributed by atoms with Crippen molar-refractivity contribution in [2.24, 2.45) is 0 Å². The first-order valence-corrected chi connectivity index (χ1v) is 9.00. The zero-order chi connectivity index (χ0) is 16.7. The van der Waals surface area contributed by atoms with Gasteiger partial charge in [-0.25, -0.2) is 4.98 Å². The van der Waals surface area contributed by atoms with Crippen LogP contribution < -0.4 is 0 Å². The fourth-order valence-electron chi connectivity index (χ4n) is 3.66. The van der Waals surface area contributed by atoms with Gasteiger partial charge in [-0.2, -0.15) is 5.10 Å². The molecule has 1 amide bonds. The van der Waals surface area contributed by atoms with Crippen LogP contribution in [0.25, 0.3) is 0 Å². The maximum absolute atomic E-state index is 12.8. The second-order valence-electron chi connectivity index (χ2n) is 7.36. The van der Waals surface area contributed by atoms with Crippen LogP contribution in [0, 0.1) is 0 Å². The Bertz CT molecular complexity index is 727. The molecule has 1 N–H and O–H groups in total. The van der Waals surface area contributed by atoms with Gasteiger partial charge in [0.05, 0.1) is 0 Å². The topological polar surface area (TPSA) is 66.8 Å². The molecule has 6 heteroatoms. The zero-order valence-corrected chi connectivity index (χ0v) is 14.4. The minimum absolute atomic E-state index is 0.0468. The summed E-state index contributed by atoms with van der Waals surface area (Å²) >= 11 is 0. The van der Waals surface area contributed by atoms with Gasteiger partial charge in [0.15, 0.2) is 0 Å². The molecule has 4 rings (SSSR count). The van der Waals surface area contributed by atoms with Gasteiger partial charge in [0.1, 0.15) is 11.5 Å². The summed E-state index contributed by atoms with van der Waals surface area (Å²) in [5, 5.41) is 7.29. The molecule has 128 valence electrons. The Morgan fingerprint density at radius 2 is 2.12 bits per heavy atom. The first-order valence-electron chi connectivity index (χ1n) is 9.00.